The number of hydrogen-bond acceptors (Lipinski definition) is 1. The third-order valence-electron chi connectivity index (χ3n) is 16.6. The predicted octanol–water partition coefficient (Wildman–Crippen LogP) is 18.8. The molecule has 1 unspecified atom stereocenters. The van der Waals surface area contributed by atoms with Crippen molar-refractivity contribution in [3.63, 3.8) is 0 Å². The van der Waals surface area contributed by atoms with Gasteiger partial charge in [-0.15, -0.1) is 0 Å². The van der Waals surface area contributed by atoms with Crippen molar-refractivity contribution in [2.45, 2.75) is 71.6 Å². The Hall–Kier alpha value is -8.38. The van der Waals surface area contributed by atoms with Crippen molar-refractivity contribution in [1.82, 2.24) is 4.57 Å². The SMILES string of the molecule is C=Cc1c(C#CC)n(-c2ccccc2)c2ccc(N(c3ccc4c(c3)/C(C)=C(/C=C\C)CCC(c3ccccc3)C4)c3cc4c(c5c3Cc3ccccc3-5)-c3c(c5ccccc5c5ccccc35)C4(C)C)cc12. The van der Waals surface area contributed by atoms with Crippen LogP contribution in [0.3, 0.4) is 0 Å². The zero-order valence-corrected chi connectivity index (χ0v) is 42.5. The molecule has 2 nitrogen and oxygen atoms in total. The van der Waals surface area contributed by atoms with Gasteiger partial charge in [0.25, 0.3) is 0 Å². The lowest BCUT2D eigenvalue weighted by Crippen LogP contribution is -2.18. The van der Waals surface area contributed by atoms with Gasteiger partial charge in [0.1, 0.15) is 5.69 Å². The Labute approximate surface area is 430 Å². The van der Waals surface area contributed by atoms with Gasteiger partial charge in [0.05, 0.1) is 11.2 Å². The van der Waals surface area contributed by atoms with Crippen molar-refractivity contribution in [2.24, 2.45) is 0 Å². The zero-order chi connectivity index (χ0) is 49.5. The highest BCUT2D eigenvalue weighted by Gasteiger charge is 2.43. The van der Waals surface area contributed by atoms with Crippen molar-refractivity contribution >= 4 is 61.2 Å². The number of rotatable bonds is 7. The van der Waals surface area contributed by atoms with Crippen molar-refractivity contribution in [1.29, 1.82) is 0 Å². The van der Waals surface area contributed by atoms with Crippen molar-refractivity contribution in [3.8, 4) is 39.8 Å². The molecule has 0 amide bonds. The van der Waals surface area contributed by atoms with E-state index in [-0.39, 0.29) is 5.41 Å². The molecule has 0 spiro atoms. The van der Waals surface area contributed by atoms with Gasteiger partial charge in [-0.1, -0.05) is 172 Å². The van der Waals surface area contributed by atoms with Crippen LogP contribution < -0.4 is 4.90 Å². The normalized spacial score (nSPS) is 16.3. The lowest BCUT2D eigenvalue weighted by atomic mass is 9.78. The molecule has 1 heterocycles. The fourth-order valence-corrected chi connectivity index (χ4v) is 13.3. The Morgan fingerprint density at radius 3 is 2.08 bits per heavy atom. The van der Waals surface area contributed by atoms with Gasteiger partial charge in [0.15, 0.2) is 0 Å². The molecule has 0 N–H and O–H groups in total. The lowest BCUT2D eigenvalue weighted by molar-refractivity contribution is 0.618. The first-order chi connectivity index (χ1) is 35.8. The number of hydrogen-bond donors (Lipinski definition) is 0. The highest BCUT2D eigenvalue weighted by molar-refractivity contribution is 6.20. The van der Waals surface area contributed by atoms with Crippen LogP contribution in [0.15, 0.2) is 200 Å². The van der Waals surface area contributed by atoms with Crippen LogP contribution in [0.1, 0.15) is 104 Å². The standard InChI is InChI=1S/C71H58N2/c1-7-22-46-34-35-48(47-24-12-10-13-25-47)40-50-36-37-52(42-60(50)45(46)4)72(53-38-39-65-61(43-53)54(9-3)64(23-8-2)73(65)51-27-14-11-15-28-51)66-44-63-69(67-55-29-17-16-26-49(55)41-62(66)67)68-58-32-20-18-30-56(58)57-31-19-21-33-59(57)70(68)71(63,5)6/h7,9-22,24-33,36-39,42-44,48H,3,34-35,40-41H2,1-2,4-6H3/b22-7-,46-45-. The van der Waals surface area contributed by atoms with Crippen molar-refractivity contribution in [3.05, 3.63) is 250 Å². The van der Waals surface area contributed by atoms with E-state index >= 15 is 0 Å². The second-order valence-corrected chi connectivity index (χ2v) is 20.9. The predicted molar refractivity (Wildman–Crippen MR) is 311 cm³/mol. The van der Waals surface area contributed by atoms with Crippen LogP contribution in [-0.4, -0.2) is 4.57 Å². The maximum Gasteiger partial charge on any atom is 0.105 e. The fraction of sp³-hybridized carbons (Fsp3) is 0.155. The van der Waals surface area contributed by atoms with E-state index in [1.807, 2.05) is 13.0 Å². The minimum atomic E-state index is -0.318. The van der Waals surface area contributed by atoms with Gasteiger partial charge in [0.2, 0.25) is 0 Å². The molecule has 352 valence electrons. The number of allylic oxidation sites excluding steroid dienone is 4. The Morgan fingerprint density at radius 2 is 1.33 bits per heavy atom. The summed E-state index contributed by atoms with van der Waals surface area (Å²) in [6, 6.07) is 66.2. The Bertz CT molecular complexity index is 4050. The van der Waals surface area contributed by atoms with Crippen LogP contribution in [0.25, 0.3) is 72.0 Å². The molecule has 3 aliphatic rings. The van der Waals surface area contributed by atoms with Crippen molar-refractivity contribution < 1.29 is 0 Å². The number of para-hydroxylation sites is 1. The summed E-state index contributed by atoms with van der Waals surface area (Å²) in [6.45, 7) is 15.8. The van der Waals surface area contributed by atoms with Gasteiger partial charge in [0, 0.05) is 39.8 Å². The number of fused-ring (bicyclic) bond motifs is 14. The van der Waals surface area contributed by atoms with E-state index in [1.54, 1.807) is 0 Å². The molecular formula is C71H58N2. The summed E-state index contributed by atoms with van der Waals surface area (Å²) >= 11 is 0. The zero-order valence-electron chi connectivity index (χ0n) is 42.5. The third-order valence-corrected chi connectivity index (χ3v) is 16.6. The minimum Gasteiger partial charge on any atom is -0.310 e. The number of anilines is 3. The van der Waals surface area contributed by atoms with E-state index < -0.39 is 0 Å². The van der Waals surface area contributed by atoms with Gasteiger partial charge < -0.3 is 9.47 Å². The van der Waals surface area contributed by atoms with Crippen LogP contribution in [0.4, 0.5) is 17.1 Å². The van der Waals surface area contributed by atoms with E-state index in [2.05, 4.69) is 244 Å². The molecule has 0 saturated carbocycles. The van der Waals surface area contributed by atoms with E-state index in [9.17, 15) is 0 Å². The fourth-order valence-electron chi connectivity index (χ4n) is 13.3. The quantitative estimate of drug-likeness (QED) is 0.114. The van der Waals surface area contributed by atoms with Crippen LogP contribution in [0.2, 0.25) is 0 Å². The summed E-state index contributed by atoms with van der Waals surface area (Å²) < 4.78 is 2.31. The number of nitrogens with zero attached hydrogens (tertiary/aromatic N) is 2. The number of aromatic nitrogens is 1. The third kappa shape index (κ3) is 6.86. The van der Waals surface area contributed by atoms with Gasteiger partial charge in [-0.2, -0.15) is 0 Å². The van der Waals surface area contributed by atoms with Crippen LogP contribution >= 0.6 is 0 Å². The van der Waals surface area contributed by atoms with E-state index in [4.69, 9.17) is 0 Å². The average molecular weight is 939 g/mol. The monoisotopic (exact) mass is 938 g/mol. The van der Waals surface area contributed by atoms with Crippen LogP contribution in [0.5, 0.6) is 0 Å². The molecule has 0 fully saturated rings. The Kier molecular flexibility index (Phi) is 10.6. The van der Waals surface area contributed by atoms with E-state index in [1.165, 1.54) is 99.6 Å². The second-order valence-electron chi connectivity index (χ2n) is 20.9. The number of benzene rings is 9. The van der Waals surface area contributed by atoms with Gasteiger partial charge in [-0.05, 0) is 194 Å². The first-order valence-electron chi connectivity index (χ1n) is 26.1. The summed E-state index contributed by atoms with van der Waals surface area (Å²) in [5.74, 6) is 7.17. The molecule has 9 aromatic carbocycles. The molecular weight excluding hydrogens is 881 g/mol. The smallest absolute Gasteiger partial charge is 0.105 e. The lowest BCUT2D eigenvalue weighted by Gasteiger charge is -2.32. The molecule has 10 aromatic rings. The summed E-state index contributed by atoms with van der Waals surface area (Å²) in [6.07, 6.45) is 10.5. The van der Waals surface area contributed by atoms with Gasteiger partial charge >= 0.3 is 0 Å². The molecule has 3 aliphatic carbocycles. The maximum absolute atomic E-state index is 4.43. The summed E-state index contributed by atoms with van der Waals surface area (Å²) in [4.78, 5) is 2.61. The molecule has 1 aromatic heterocycles. The van der Waals surface area contributed by atoms with Gasteiger partial charge in [-0.3, -0.25) is 0 Å². The minimum absolute atomic E-state index is 0.318. The Morgan fingerprint density at radius 1 is 0.658 bits per heavy atom. The summed E-state index contributed by atoms with van der Waals surface area (Å²) in [5.41, 5.74) is 25.2. The molecule has 0 aliphatic heterocycles. The average Bonchev–Trinajstić information content (AvgIpc) is 4.05. The largest absolute Gasteiger partial charge is 0.310 e. The highest BCUT2D eigenvalue weighted by atomic mass is 15.1. The molecule has 0 bridgehead atoms. The van der Waals surface area contributed by atoms with Crippen LogP contribution in [0, 0.1) is 11.8 Å². The summed E-state index contributed by atoms with van der Waals surface area (Å²) in [7, 11) is 0. The first kappa shape index (κ1) is 44.6. The highest BCUT2D eigenvalue weighted by Crippen LogP contribution is 2.62. The van der Waals surface area contributed by atoms with E-state index in [0.717, 1.165) is 64.9 Å². The molecule has 2 heteroatoms. The first-order valence-corrected chi connectivity index (χ1v) is 26.1. The molecule has 0 radical (unpaired) electrons. The van der Waals surface area contributed by atoms with Crippen molar-refractivity contribution in [2.75, 3.05) is 4.90 Å². The molecule has 13 rings (SSSR count). The maximum atomic E-state index is 4.43. The molecule has 1 atom stereocenters. The topological polar surface area (TPSA) is 8.17 Å². The van der Waals surface area contributed by atoms with E-state index in [0.29, 0.717) is 5.92 Å². The second kappa shape index (κ2) is 17.4. The Balaban J connectivity index is 1.12. The van der Waals surface area contributed by atoms with Gasteiger partial charge in [-0.25, -0.2) is 0 Å². The summed E-state index contributed by atoms with van der Waals surface area (Å²) in [5, 5.41) is 6.40. The molecule has 73 heavy (non-hydrogen) atoms. The molecule has 0 saturated heterocycles. The van der Waals surface area contributed by atoms with Crippen LogP contribution in [-0.2, 0) is 18.3 Å².